The lowest BCUT2D eigenvalue weighted by atomic mass is 10.0. The van der Waals surface area contributed by atoms with Crippen molar-refractivity contribution in [3.8, 4) is 17.0 Å². The summed E-state index contributed by atoms with van der Waals surface area (Å²) in [5, 5.41) is 0. The highest BCUT2D eigenvalue weighted by atomic mass is 16.5. The lowest BCUT2D eigenvalue weighted by Gasteiger charge is -2.11. The van der Waals surface area contributed by atoms with Gasteiger partial charge in [0, 0.05) is 24.7 Å². The zero-order valence-electron chi connectivity index (χ0n) is 10.4. The molecule has 0 saturated heterocycles. The van der Waals surface area contributed by atoms with Gasteiger partial charge in [0.1, 0.15) is 11.9 Å². The van der Waals surface area contributed by atoms with Gasteiger partial charge in [0.25, 0.3) is 0 Å². The summed E-state index contributed by atoms with van der Waals surface area (Å²) < 4.78 is 5.93. The number of benzene rings is 1. The molecule has 2 heterocycles. The summed E-state index contributed by atoms with van der Waals surface area (Å²) in [4.78, 5) is 4.41. The number of nitrogens with two attached hydrogens (primary N) is 1. The first-order valence-corrected chi connectivity index (χ1v) is 6.19. The molecule has 0 radical (unpaired) electrons. The SMILES string of the molecule is Cc1cc2c(c(-c3ccccn3)c1)O[C@H](CN)C2. The molecular formula is C15H16N2O. The summed E-state index contributed by atoms with van der Waals surface area (Å²) in [5.74, 6) is 0.953. The van der Waals surface area contributed by atoms with Crippen LogP contribution in [0.3, 0.4) is 0 Å². The standard InChI is InChI=1S/C15H16N2O/c1-10-6-11-8-12(9-16)18-15(11)13(7-10)14-4-2-3-5-17-14/h2-7,12H,8-9,16H2,1H3/t12-/m0/s1. The van der Waals surface area contributed by atoms with Gasteiger partial charge in [0.05, 0.1) is 5.69 Å². The first-order valence-electron chi connectivity index (χ1n) is 6.19. The number of fused-ring (bicyclic) bond motifs is 1. The lowest BCUT2D eigenvalue weighted by Crippen LogP contribution is -2.24. The van der Waals surface area contributed by atoms with Crippen molar-refractivity contribution in [2.75, 3.05) is 6.54 Å². The van der Waals surface area contributed by atoms with Crippen LogP contribution in [0.2, 0.25) is 0 Å². The second-order valence-corrected chi connectivity index (χ2v) is 4.70. The highest BCUT2D eigenvalue weighted by Crippen LogP contribution is 2.38. The van der Waals surface area contributed by atoms with E-state index in [9.17, 15) is 0 Å². The number of rotatable bonds is 2. The Kier molecular flexibility index (Phi) is 2.76. The van der Waals surface area contributed by atoms with Gasteiger partial charge in [-0.2, -0.15) is 0 Å². The molecular weight excluding hydrogens is 224 g/mol. The molecule has 3 heteroatoms. The van der Waals surface area contributed by atoms with Crippen LogP contribution in [0.5, 0.6) is 5.75 Å². The van der Waals surface area contributed by atoms with Gasteiger partial charge < -0.3 is 10.5 Å². The molecule has 3 nitrogen and oxygen atoms in total. The quantitative estimate of drug-likeness (QED) is 0.876. The van der Waals surface area contributed by atoms with Crippen molar-refractivity contribution in [3.05, 3.63) is 47.7 Å². The average molecular weight is 240 g/mol. The van der Waals surface area contributed by atoms with Crippen LogP contribution < -0.4 is 10.5 Å². The molecule has 0 spiro atoms. The summed E-state index contributed by atoms with van der Waals surface area (Å²) in [7, 11) is 0. The molecule has 0 unspecified atom stereocenters. The van der Waals surface area contributed by atoms with E-state index in [2.05, 4.69) is 24.0 Å². The van der Waals surface area contributed by atoms with Crippen molar-refractivity contribution in [2.24, 2.45) is 5.73 Å². The minimum Gasteiger partial charge on any atom is -0.488 e. The van der Waals surface area contributed by atoms with E-state index in [1.165, 1.54) is 11.1 Å². The van der Waals surface area contributed by atoms with E-state index in [-0.39, 0.29) is 6.10 Å². The predicted octanol–water partition coefficient (Wildman–Crippen LogP) is 2.32. The maximum absolute atomic E-state index is 5.93. The van der Waals surface area contributed by atoms with Gasteiger partial charge in [-0.1, -0.05) is 12.1 Å². The van der Waals surface area contributed by atoms with Gasteiger partial charge >= 0.3 is 0 Å². The molecule has 1 atom stereocenters. The summed E-state index contributed by atoms with van der Waals surface area (Å²) in [6.45, 7) is 2.65. The second kappa shape index (κ2) is 4.42. The molecule has 18 heavy (non-hydrogen) atoms. The maximum Gasteiger partial charge on any atom is 0.132 e. The van der Waals surface area contributed by atoms with Crippen LogP contribution in [0.1, 0.15) is 11.1 Å². The largest absolute Gasteiger partial charge is 0.488 e. The smallest absolute Gasteiger partial charge is 0.132 e. The molecule has 0 amide bonds. The summed E-state index contributed by atoms with van der Waals surface area (Å²) in [5.41, 5.74) is 10.2. The number of pyridine rings is 1. The molecule has 1 aromatic carbocycles. The molecule has 2 aromatic rings. The number of hydrogen-bond donors (Lipinski definition) is 1. The summed E-state index contributed by atoms with van der Waals surface area (Å²) >= 11 is 0. The van der Waals surface area contributed by atoms with Crippen molar-refractivity contribution in [3.63, 3.8) is 0 Å². The second-order valence-electron chi connectivity index (χ2n) is 4.70. The van der Waals surface area contributed by atoms with Crippen molar-refractivity contribution < 1.29 is 4.74 Å². The molecule has 1 aliphatic heterocycles. The Bertz CT molecular complexity index is 566. The third-order valence-electron chi connectivity index (χ3n) is 3.25. The van der Waals surface area contributed by atoms with Crippen molar-refractivity contribution in [2.45, 2.75) is 19.4 Å². The topological polar surface area (TPSA) is 48.1 Å². The van der Waals surface area contributed by atoms with Gasteiger partial charge in [-0.25, -0.2) is 0 Å². The molecule has 0 aliphatic carbocycles. The van der Waals surface area contributed by atoms with Crippen LogP contribution in [0.15, 0.2) is 36.5 Å². The van der Waals surface area contributed by atoms with Crippen LogP contribution in [0, 0.1) is 6.92 Å². The number of hydrogen-bond acceptors (Lipinski definition) is 3. The normalized spacial score (nSPS) is 17.3. The Morgan fingerprint density at radius 3 is 3.00 bits per heavy atom. The van der Waals surface area contributed by atoms with Crippen LogP contribution in [-0.4, -0.2) is 17.6 Å². The fourth-order valence-electron chi connectivity index (χ4n) is 2.44. The predicted molar refractivity (Wildman–Crippen MR) is 71.6 cm³/mol. The van der Waals surface area contributed by atoms with Gasteiger partial charge in [-0.15, -0.1) is 0 Å². The Balaban J connectivity index is 2.12. The Labute approximate surface area is 107 Å². The number of aryl methyl sites for hydroxylation is 1. The molecule has 0 fully saturated rings. The first kappa shape index (κ1) is 11.2. The van der Waals surface area contributed by atoms with Gasteiger partial charge in [0.2, 0.25) is 0 Å². The van der Waals surface area contributed by atoms with Gasteiger partial charge in [-0.05, 0) is 36.2 Å². The third-order valence-corrected chi connectivity index (χ3v) is 3.25. The molecule has 0 saturated carbocycles. The zero-order valence-corrected chi connectivity index (χ0v) is 10.4. The lowest BCUT2D eigenvalue weighted by molar-refractivity contribution is 0.242. The first-order chi connectivity index (χ1) is 8.78. The average Bonchev–Trinajstić information content (AvgIpc) is 2.81. The highest BCUT2D eigenvalue weighted by Gasteiger charge is 2.25. The molecule has 0 bridgehead atoms. The molecule has 1 aliphatic rings. The van der Waals surface area contributed by atoms with Crippen molar-refractivity contribution in [1.82, 2.24) is 4.98 Å². The maximum atomic E-state index is 5.93. The van der Waals surface area contributed by atoms with Crippen LogP contribution >= 0.6 is 0 Å². The van der Waals surface area contributed by atoms with E-state index in [1.807, 2.05) is 18.2 Å². The van der Waals surface area contributed by atoms with Crippen LogP contribution in [-0.2, 0) is 6.42 Å². The van der Waals surface area contributed by atoms with Crippen molar-refractivity contribution >= 4 is 0 Å². The Morgan fingerprint density at radius 1 is 1.39 bits per heavy atom. The summed E-state index contributed by atoms with van der Waals surface area (Å²) in [6.07, 6.45) is 2.80. The number of ether oxygens (including phenoxy) is 1. The Hall–Kier alpha value is -1.87. The van der Waals surface area contributed by atoms with Gasteiger partial charge in [-0.3, -0.25) is 4.98 Å². The number of nitrogens with zero attached hydrogens (tertiary/aromatic N) is 1. The van der Waals surface area contributed by atoms with Crippen LogP contribution in [0.4, 0.5) is 0 Å². The highest BCUT2D eigenvalue weighted by molar-refractivity contribution is 5.71. The molecule has 1 aromatic heterocycles. The van der Waals surface area contributed by atoms with Gasteiger partial charge in [0.15, 0.2) is 0 Å². The fourth-order valence-corrected chi connectivity index (χ4v) is 2.44. The van der Waals surface area contributed by atoms with Crippen molar-refractivity contribution in [1.29, 1.82) is 0 Å². The summed E-state index contributed by atoms with van der Waals surface area (Å²) in [6, 6.07) is 10.2. The van der Waals surface area contributed by atoms with E-state index in [1.54, 1.807) is 6.20 Å². The molecule has 92 valence electrons. The minimum atomic E-state index is 0.101. The van der Waals surface area contributed by atoms with Crippen LogP contribution in [0.25, 0.3) is 11.3 Å². The van der Waals surface area contributed by atoms with E-state index in [0.29, 0.717) is 6.54 Å². The van der Waals surface area contributed by atoms with E-state index in [0.717, 1.165) is 23.4 Å². The van der Waals surface area contributed by atoms with E-state index < -0.39 is 0 Å². The number of aromatic nitrogens is 1. The minimum absolute atomic E-state index is 0.101. The molecule has 2 N–H and O–H groups in total. The fraction of sp³-hybridized carbons (Fsp3) is 0.267. The Morgan fingerprint density at radius 2 is 2.28 bits per heavy atom. The van der Waals surface area contributed by atoms with E-state index >= 15 is 0 Å². The monoisotopic (exact) mass is 240 g/mol. The zero-order chi connectivity index (χ0) is 12.5. The van der Waals surface area contributed by atoms with E-state index in [4.69, 9.17) is 10.5 Å². The molecule has 3 rings (SSSR count). The third kappa shape index (κ3) is 1.87.